The van der Waals surface area contributed by atoms with Crippen LogP contribution < -0.4 is 4.74 Å². The third-order valence-electron chi connectivity index (χ3n) is 9.11. The highest BCUT2D eigenvalue weighted by molar-refractivity contribution is 6.06. The minimum atomic E-state index is -1.40. The van der Waals surface area contributed by atoms with E-state index >= 15 is 0 Å². The van der Waals surface area contributed by atoms with E-state index in [2.05, 4.69) is 62.5 Å². The number of esters is 2. The molecule has 0 N–H and O–H groups in total. The predicted octanol–water partition coefficient (Wildman–Crippen LogP) is 12.8. The predicted molar refractivity (Wildman–Crippen MR) is 220 cm³/mol. The zero-order valence-corrected chi connectivity index (χ0v) is 33.6. The van der Waals surface area contributed by atoms with Gasteiger partial charge in [-0.15, -0.1) is 0 Å². The zero-order valence-electron chi connectivity index (χ0n) is 33.6. The Hall–Kier alpha value is -3.54. The van der Waals surface area contributed by atoms with Gasteiger partial charge in [0.25, 0.3) is 0 Å². The molecule has 0 fully saturated rings. The number of hydrogen-bond donors (Lipinski definition) is 0. The summed E-state index contributed by atoms with van der Waals surface area (Å²) in [4.78, 5) is 49.8. The minimum absolute atomic E-state index is 0.0542. The summed E-state index contributed by atoms with van der Waals surface area (Å²) in [6.45, 7) is 5.72. The van der Waals surface area contributed by atoms with Crippen LogP contribution in [0.15, 0.2) is 72.9 Å². The van der Waals surface area contributed by atoms with Crippen molar-refractivity contribution in [3.05, 3.63) is 78.4 Å². The molecule has 0 radical (unpaired) electrons. The van der Waals surface area contributed by atoms with E-state index in [4.69, 9.17) is 9.47 Å². The molecule has 6 nitrogen and oxygen atoms in total. The molecule has 0 aliphatic carbocycles. The van der Waals surface area contributed by atoms with Crippen molar-refractivity contribution in [2.45, 2.75) is 187 Å². The molecule has 296 valence electrons. The highest BCUT2D eigenvalue weighted by Crippen LogP contribution is 2.17. The van der Waals surface area contributed by atoms with E-state index in [0.717, 1.165) is 77.0 Å². The van der Waals surface area contributed by atoms with Crippen LogP contribution in [0.25, 0.3) is 0 Å². The molecule has 0 amide bonds. The summed E-state index contributed by atoms with van der Waals surface area (Å²) in [5, 5.41) is 0. The van der Waals surface area contributed by atoms with Crippen molar-refractivity contribution in [3.63, 3.8) is 0 Å². The molecule has 0 saturated heterocycles. The van der Waals surface area contributed by atoms with Gasteiger partial charge in [-0.1, -0.05) is 139 Å². The lowest BCUT2D eigenvalue weighted by Crippen LogP contribution is -2.34. The Morgan fingerprint density at radius 1 is 0.528 bits per heavy atom. The first kappa shape index (κ1) is 47.5. The third-order valence-corrected chi connectivity index (χ3v) is 9.11. The van der Waals surface area contributed by atoms with Crippen molar-refractivity contribution in [2.75, 3.05) is 0 Å². The lowest BCUT2D eigenvalue weighted by Gasteiger charge is -2.14. The van der Waals surface area contributed by atoms with Crippen LogP contribution in [0, 0.1) is 0 Å². The summed E-state index contributed by atoms with van der Waals surface area (Å²) in [6.07, 6.45) is 41.5. The molecule has 1 unspecified atom stereocenters. The van der Waals surface area contributed by atoms with Gasteiger partial charge in [0.05, 0.1) is 0 Å². The quantitative estimate of drug-likeness (QED) is 0.0230. The lowest BCUT2D eigenvalue weighted by atomic mass is 10.0. The van der Waals surface area contributed by atoms with Crippen LogP contribution >= 0.6 is 0 Å². The first-order valence-electron chi connectivity index (χ1n) is 21.0. The van der Waals surface area contributed by atoms with Gasteiger partial charge in [0, 0.05) is 19.3 Å². The Morgan fingerprint density at radius 3 is 1.40 bits per heavy atom. The second-order valence-electron chi connectivity index (χ2n) is 14.2. The monoisotopic (exact) mass is 733 g/mol. The fraction of sp³-hybridized carbons (Fsp3) is 0.617. The van der Waals surface area contributed by atoms with E-state index in [1.807, 2.05) is 0 Å². The average molecular weight is 733 g/mol. The second kappa shape index (κ2) is 34.2. The van der Waals surface area contributed by atoms with Crippen LogP contribution in [0.2, 0.25) is 0 Å². The Labute approximate surface area is 323 Å². The van der Waals surface area contributed by atoms with Gasteiger partial charge in [-0.05, 0) is 102 Å². The largest absolute Gasteiger partial charge is 0.446 e. The number of allylic oxidation sites excluding steroid dienone is 8. The van der Waals surface area contributed by atoms with Gasteiger partial charge in [-0.2, -0.15) is 0 Å². The Kier molecular flexibility index (Phi) is 30.7. The SMILES string of the molecule is CCCCC/C=C\C/C=C\CCCCCCCC(=O)Oc1ccc(CC(=O)C(OC(=O)CCCCCCC/C=C\C/C=C\CCCCC)C(C)=O)cc1. The topological polar surface area (TPSA) is 86.7 Å². The molecular formula is C47H72O6. The summed E-state index contributed by atoms with van der Waals surface area (Å²) < 4.78 is 10.8. The van der Waals surface area contributed by atoms with Crippen molar-refractivity contribution >= 4 is 23.5 Å². The van der Waals surface area contributed by atoms with Gasteiger partial charge in [0.1, 0.15) is 5.75 Å². The minimum Gasteiger partial charge on any atom is -0.446 e. The van der Waals surface area contributed by atoms with Gasteiger partial charge < -0.3 is 9.47 Å². The van der Waals surface area contributed by atoms with Crippen LogP contribution in [0.1, 0.15) is 180 Å². The van der Waals surface area contributed by atoms with Gasteiger partial charge in [-0.25, -0.2) is 0 Å². The van der Waals surface area contributed by atoms with E-state index < -0.39 is 23.6 Å². The zero-order chi connectivity index (χ0) is 38.6. The molecule has 0 saturated carbocycles. The number of Topliss-reactive ketones (excluding diaryl/α,β-unsaturated/α-hetero) is 2. The van der Waals surface area contributed by atoms with Gasteiger partial charge in [-0.3, -0.25) is 19.2 Å². The summed E-state index contributed by atoms with van der Waals surface area (Å²) >= 11 is 0. The standard InChI is InChI=1S/C47H72O6/c1-4-6-8-10-12-14-16-18-20-22-24-26-28-30-32-34-45(50)52-43-38-36-42(37-39-43)40-44(49)47(41(3)48)53-46(51)35-33-31-29-27-25-23-21-19-17-15-13-11-9-7-5-2/h12-15,18-21,36-39,47H,4-11,16-17,22-35,40H2,1-3H3/b14-12-,15-13-,20-18-,21-19-. The van der Waals surface area contributed by atoms with E-state index in [1.54, 1.807) is 24.3 Å². The molecule has 6 heteroatoms. The van der Waals surface area contributed by atoms with Crippen molar-refractivity contribution in [1.29, 1.82) is 0 Å². The Balaban J connectivity index is 2.19. The Morgan fingerprint density at radius 2 is 0.943 bits per heavy atom. The van der Waals surface area contributed by atoms with Crippen molar-refractivity contribution in [3.8, 4) is 5.75 Å². The number of carbonyl (C=O) groups is 4. The van der Waals surface area contributed by atoms with Gasteiger partial charge in [0.15, 0.2) is 11.6 Å². The second-order valence-corrected chi connectivity index (χ2v) is 14.2. The molecule has 0 spiro atoms. The number of ketones is 2. The molecule has 0 aliphatic rings. The van der Waals surface area contributed by atoms with Gasteiger partial charge in [0.2, 0.25) is 6.10 Å². The smallest absolute Gasteiger partial charge is 0.311 e. The fourth-order valence-electron chi connectivity index (χ4n) is 5.88. The summed E-state index contributed by atoms with van der Waals surface area (Å²) in [7, 11) is 0. The normalized spacial score (nSPS) is 12.4. The number of unbranched alkanes of at least 4 members (excludes halogenated alkanes) is 16. The molecular weight excluding hydrogens is 661 g/mol. The molecule has 1 aromatic rings. The van der Waals surface area contributed by atoms with E-state index in [0.29, 0.717) is 24.2 Å². The van der Waals surface area contributed by atoms with Crippen LogP contribution in [0.4, 0.5) is 0 Å². The highest BCUT2D eigenvalue weighted by Gasteiger charge is 2.27. The van der Waals surface area contributed by atoms with Crippen LogP contribution in [0.3, 0.4) is 0 Å². The van der Waals surface area contributed by atoms with Crippen molar-refractivity contribution in [2.24, 2.45) is 0 Å². The van der Waals surface area contributed by atoms with E-state index in [9.17, 15) is 19.2 Å². The maximum Gasteiger partial charge on any atom is 0.311 e. The molecule has 1 aromatic carbocycles. The Bertz CT molecular complexity index is 1220. The first-order chi connectivity index (χ1) is 25.9. The maximum absolute atomic E-state index is 12.9. The molecule has 1 rings (SSSR count). The third kappa shape index (κ3) is 28.6. The van der Waals surface area contributed by atoms with Crippen LogP contribution in [0.5, 0.6) is 5.75 Å². The first-order valence-corrected chi connectivity index (χ1v) is 21.0. The van der Waals surface area contributed by atoms with E-state index in [-0.39, 0.29) is 18.8 Å². The van der Waals surface area contributed by atoms with Crippen LogP contribution in [-0.2, 0) is 30.3 Å². The number of benzene rings is 1. The molecule has 53 heavy (non-hydrogen) atoms. The lowest BCUT2D eigenvalue weighted by molar-refractivity contribution is -0.159. The summed E-state index contributed by atoms with van der Waals surface area (Å²) in [6, 6.07) is 6.69. The molecule has 0 heterocycles. The average Bonchev–Trinajstić information content (AvgIpc) is 3.14. The number of rotatable bonds is 34. The molecule has 0 aromatic heterocycles. The number of ether oxygens (including phenoxy) is 2. The summed E-state index contributed by atoms with van der Waals surface area (Å²) in [5.74, 6) is -1.32. The fourth-order valence-corrected chi connectivity index (χ4v) is 5.88. The molecule has 1 atom stereocenters. The van der Waals surface area contributed by atoms with E-state index in [1.165, 1.54) is 64.7 Å². The van der Waals surface area contributed by atoms with Gasteiger partial charge >= 0.3 is 11.9 Å². The number of carbonyl (C=O) groups excluding carboxylic acids is 4. The van der Waals surface area contributed by atoms with Crippen molar-refractivity contribution in [1.82, 2.24) is 0 Å². The highest BCUT2D eigenvalue weighted by atomic mass is 16.6. The summed E-state index contributed by atoms with van der Waals surface area (Å²) in [5.41, 5.74) is 0.652. The van der Waals surface area contributed by atoms with Crippen molar-refractivity contribution < 1.29 is 28.7 Å². The maximum atomic E-state index is 12.9. The number of hydrogen-bond acceptors (Lipinski definition) is 6. The molecule has 0 bridgehead atoms. The molecule has 0 aliphatic heterocycles. The van der Waals surface area contributed by atoms with Crippen LogP contribution in [-0.4, -0.2) is 29.6 Å².